The third-order valence-electron chi connectivity index (χ3n) is 12.0. The molecule has 0 radical (unpaired) electrons. The molecule has 1 aromatic heterocycles. The molecule has 250 valence electrons. The molecule has 3 heteroatoms. The minimum atomic E-state index is -3.04. The van der Waals surface area contributed by atoms with E-state index in [-0.39, 0.29) is 23.2 Å². The molecule has 5 atom stereocenters. The average molecular weight is 688 g/mol. The van der Waals surface area contributed by atoms with E-state index in [4.69, 9.17) is 0 Å². The molecule has 0 fully saturated rings. The Hall–Kier alpha value is -5.61. The van der Waals surface area contributed by atoms with Crippen LogP contribution in [-0.2, 0) is 9.98 Å². The Bertz CT molecular complexity index is 2640. The smallest absolute Gasteiger partial charge is 0.167 e. The summed E-state index contributed by atoms with van der Waals surface area (Å²) in [6, 6.07) is 49.6. The van der Waals surface area contributed by atoms with E-state index in [1.165, 1.54) is 38.2 Å². The van der Waals surface area contributed by atoms with E-state index >= 15 is 4.57 Å². The molecule has 0 amide bonds. The second-order valence-electron chi connectivity index (χ2n) is 14.4. The zero-order chi connectivity index (χ0) is 34.7. The van der Waals surface area contributed by atoms with E-state index in [0.717, 1.165) is 40.9 Å². The monoisotopic (exact) mass is 687 g/mol. The fourth-order valence-electron chi connectivity index (χ4n) is 9.83. The summed E-state index contributed by atoms with van der Waals surface area (Å²) in [6.07, 6.45) is 23.3. The summed E-state index contributed by atoms with van der Waals surface area (Å²) < 4.78 is 17.8. The van der Waals surface area contributed by atoms with Gasteiger partial charge in [-0.25, -0.2) is 0 Å². The Balaban J connectivity index is 1.20. The van der Waals surface area contributed by atoms with Crippen LogP contribution in [0.3, 0.4) is 0 Å². The van der Waals surface area contributed by atoms with Gasteiger partial charge < -0.3 is 9.13 Å². The first-order chi connectivity index (χ1) is 25.7. The van der Waals surface area contributed by atoms with Gasteiger partial charge in [0, 0.05) is 38.5 Å². The van der Waals surface area contributed by atoms with Crippen LogP contribution >= 0.6 is 7.14 Å². The van der Waals surface area contributed by atoms with Crippen LogP contribution in [0, 0.1) is 24.0 Å². The first-order valence-electron chi connectivity index (χ1n) is 18.5. The standard InChI is InChI=1S/C49H38NOP/c51-52(38-18-6-2-7-19-38,39-20-8-3-9-21-39)40-31-28-35(29-32-40)49(45-25-13-10-22-41(45)42-23-11-14-26-46(42)49)36-30-33-48-44(34-36)43-24-12-15-27-47(43)50(48)37-16-4-1-5-17-37/h1-4,6-8,10-16,18-20,22-29,31-34,36,41,45H,9,21,30H2. The Kier molecular flexibility index (Phi) is 7.35. The molecular formula is C49H38NOP. The Morgan fingerprint density at radius 2 is 1.56 bits per heavy atom. The number of aromatic nitrogens is 1. The maximum Gasteiger partial charge on any atom is 0.167 e. The van der Waals surface area contributed by atoms with Crippen LogP contribution in [0.4, 0.5) is 0 Å². The zero-order valence-electron chi connectivity index (χ0n) is 28.9. The van der Waals surface area contributed by atoms with Crippen molar-refractivity contribution >= 4 is 40.8 Å². The zero-order valence-corrected chi connectivity index (χ0v) is 29.8. The molecular weight excluding hydrogens is 650 g/mol. The summed E-state index contributed by atoms with van der Waals surface area (Å²) in [6.45, 7) is 0. The number of allylic oxidation sites excluding steroid dienone is 8. The highest BCUT2D eigenvalue weighted by Gasteiger charge is 2.55. The van der Waals surface area contributed by atoms with Crippen molar-refractivity contribution in [3.05, 3.63) is 209 Å². The van der Waals surface area contributed by atoms with Crippen molar-refractivity contribution in [1.82, 2.24) is 4.57 Å². The van der Waals surface area contributed by atoms with Crippen LogP contribution in [0.1, 0.15) is 41.9 Å². The summed E-state index contributed by atoms with van der Waals surface area (Å²) >= 11 is 0. The molecule has 0 saturated heterocycles. The summed E-state index contributed by atoms with van der Waals surface area (Å²) in [4.78, 5) is 0. The molecule has 2 nitrogen and oxygen atoms in total. The van der Waals surface area contributed by atoms with E-state index in [1.807, 2.05) is 42.5 Å². The lowest BCUT2D eigenvalue weighted by Gasteiger charge is -2.44. The molecule has 5 unspecified atom stereocenters. The Labute approximate surface area is 305 Å². The molecule has 5 aromatic carbocycles. The van der Waals surface area contributed by atoms with E-state index in [2.05, 4.69) is 150 Å². The van der Waals surface area contributed by atoms with Gasteiger partial charge in [-0.15, -0.1) is 0 Å². The van der Waals surface area contributed by atoms with Crippen LogP contribution < -0.4 is 21.2 Å². The van der Waals surface area contributed by atoms with Crippen LogP contribution in [0.2, 0.25) is 0 Å². The number of hydrogen-bond acceptors (Lipinski definition) is 1. The van der Waals surface area contributed by atoms with Gasteiger partial charge in [-0.1, -0.05) is 164 Å². The van der Waals surface area contributed by atoms with Gasteiger partial charge in [0.15, 0.2) is 7.14 Å². The lowest BCUT2D eigenvalue weighted by atomic mass is 9.58. The normalized spacial score (nSPS) is 23.7. The van der Waals surface area contributed by atoms with Gasteiger partial charge in [0.05, 0.1) is 16.6 Å². The number of rotatable bonds is 6. The highest BCUT2D eigenvalue weighted by atomic mass is 31.2. The fourth-order valence-corrected chi connectivity index (χ4v) is 12.7. The first-order valence-corrected chi connectivity index (χ1v) is 20.2. The van der Waals surface area contributed by atoms with Gasteiger partial charge in [0.2, 0.25) is 0 Å². The molecule has 0 spiro atoms. The predicted octanol–water partition coefficient (Wildman–Crippen LogP) is 9.19. The van der Waals surface area contributed by atoms with E-state index in [0.29, 0.717) is 0 Å². The number of nitrogens with zero attached hydrogens (tertiary/aromatic N) is 1. The topological polar surface area (TPSA) is 22.0 Å². The fraction of sp³-hybridized carbons (Fsp3) is 0.143. The van der Waals surface area contributed by atoms with Crippen LogP contribution in [0.5, 0.6) is 0 Å². The van der Waals surface area contributed by atoms with Crippen LogP contribution in [0.15, 0.2) is 169 Å². The van der Waals surface area contributed by atoms with E-state index < -0.39 is 7.14 Å². The van der Waals surface area contributed by atoms with Crippen molar-refractivity contribution in [2.45, 2.75) is 30.6 Å². The molecule has 0 saturated carbocycles. The van der Waals surface area contributed by atoms with Crippen molar-refractivity contribution < 1.29 is 4.57 Å². The molecule has 52 heavy (non-hydrogen) atoms. The lowest BCUT2D eigenvalue weighted by Crippen LogP contribution is -2.44. The van der Waals surface area contributed by atoms with Crippen molar-refractivity contribution in [2.75, 3.05) is 0 Å². The lowest BCUT2D eigenvalue weighted by molar-refractivity contribution is 0.317. The highest BCUT2D eigenvalue weighted by Crippen LogP contribution is 2.61. The van der Waals surface area contributed by atoms with Crippen molar-refractivity contribution in [3.8, 4) is 5.69 Å². The third-order valence-corrected chi connectivity index (χ3v) is 15.2. The SMILES string of the molecule is O=P(C1=CC=CCC1)(c1ccccc1)c1ccc(C2(C3C=c4c(n(-c5c#cccc5)c5ccccc45)=CC3)c3ccccc3C3C=CC=CC32)cc1. The molecule has 0 bridgehead atoms. The van der Waals surface area contributed by atoms with Gasteiger partial charge >= 0.3 is 0 Å². The highest BCUT2D eigenvalue weighted by molar-refractivity contribution is 7.82. The molecule has 0 aliphatic heterocycles. The molecule has 1 heterocycles. The van der Waals surface area contributed by atoms with Crippen molar-refractivity contribution in [1.29, 1.82) is 0 Å². The Morgan fingerprint density at radius 3 is 2.38 bits per heavy atom. The van der Waals surface area contributed by atoms with Crippen molar-refractivity contribution in [3.63, 3.8) is 0 Å². The van der Waals surface area contributed by atoms with Crippen LogP contribution in [-0.4, -0.2) is 4.57 Å². The van der Waals surface area contributed by atoms with Gasteiger partial charge in [-0.05, 0) is 71.5 Å². The maximum absolute atomic E-state index is 15.5. The second-order valence-corrected chi connectivity index (χ2v) is 17.3. The van der Waals surface area contributed by atoms with Crippen molar-refractivity contribution in [2.24, 2.45) is 11.8 Å². The van der Waals surface area contributed by atoms with E-state index in [9.17, 15) is 0 Å². The molecule has 6 aromatic rings. The number of hydrogen-bond donors (Lipinski definition) is 0. The molecule has 0 N–H and O–H groups in total. The maximum atomic E-state index is 15.5. The quantitative estimate of drug-likeness (QED) is 0.160. The Morgan fingerprint density at radius 1 is 0.769 bits per heavy atom. The minimum absolute atomic E-state index is 0.177. The van der Waals surface area contributed by atoms with E-state index in [1.54, 1.807) is 0 Å². The summed E-state index contributed by atoms with van der Waals surface area (Å²) in [5.74, 6) is 0.686. The minimum Gasteiger partial charge on any atom is -0.309 e. The number of para-hydroxylation sites is 1. The number of fused-ring (bicyclic) bond motifs is 6. The van der Waals surface area contributed by atoms with Gasteiger partial charge in [0.1, 0.15) is 0 Å². The van der Waals surface area contributed by atoms with Gasteiger partial charge in [0.25, 0.3) is 0 Å². The number of benzene rings is 4. The molecule has 4 aliphatic rings. The molecule has 4 aliphatic carbocycles. The molecule has 10 rings (SSSR count). The summed E-state index contributed by atoms with van der Waals surface area (Å²) in [7, 11) is -3.04. The third kappa shape index (κ3) is 4.49. The van der Waals surface area contributed by atoms with Gasteiger partial charge in [-0.2, -0.15) is 0 Å². The summed E-state index contributed by atoms with van der Waals surface area (Å²) in [5.41, 5.74) is 5.93. The predicted molar refractivity (Wildman–Crippen MR) is 215 cm³/mol. The largest absolute Gasteiger partial charge is 0.309 e. The second kappa shape index (κ2) is 12.3. The summed E-state index contributed by atoms with van der Waals surface area (Å²) in [5, 5.41) is 6.59. The van der Waals surface area contributed by atoms with Gasteiger partial charge in [-0.3, -0.25) is 0 Å². The first kappa shape index (κ1) is 31.2. The van der Waals surface area contributed by atoms with Crippen LogP contribution in [0.25, 0.3) is 28.7 Å². The average Bonchev–Trinajstić information content (AvgIpc) is 3.72.